The number of aromatic nitrogens is 3. The number of hydrogen-bond donors (Lipinski definition) is 1. The van der Waals surface area contributed by atoms with E-state index < -0.39 is 6.10 Å². The van der Waals surface area contributed by atoms with E-state index in [4.69, 9.17) is 0 Å². The molecule has 1 unspecified atom stereocenters. The molecule has 1 aliphatic rings. The third-order valence-electron chi connectivity index (χ3n) is 4.69. The third-order valence-corrected chi connectivity index (χ3v) is 4.69. The van der Waals surface area contributed by atoms with Crippen LogP contribution in [0.25, 0.3) is 10.9 Å². The number of benzene rings is 1. The zero-order valence-corrected chi connectivity index (χ0v) is 13.9. The molecular formula is C19H20N4O2. The number of aliphatic hydroxyl groups is 1. The van der Waals surface area contributed by atoms with Crippen molar-refractivity contribution in [2.24, 2.45) is 0 Å². The molecule has 0 saturated heterocycles. The maximum atomic E-state index is 12.5. The summed E-state index contributed by atoms with van der Waals surface area (Å²) in [6, 6.07) is 11.9. The largest absolute Gasteiger partial charge is 0.390 e. The van der Waals surface area contributed by atoms with Crippen LogP contribution in [0.15, 0.2) is 53.6 Å². The Morgan fingerprint density at radius 1 is 1.12 bits per heavy atom. The van der Waals surface area contributed by atoms with Crippen molar-refractivity contribution in [1.29, 1.82) is 0 Å². The first-order chi connectivity index (χ1) is 12.2. The molecule has 6 nitrogen and oxygen atoms in total. The van der Waals surface area contributed by atoms with Crippen molar-refractivity contribution in [3.05, 3.63) is 70.3 Å². The molecule has 6 heteroatoms. The lowest BCUT2D eigenvalue weighted by Crippen LogP contribution is -2.40. The number of fused-ring (bicyclic) bond motifs is 2. The molecule has 0 fully saturated rings. The van der Waals surface area contributed by atoms with Gasteiger partial charge in [0.05, 0.1) is 29.7 Å². The predicted molar refractivity (Wildman–Crippen MR) is 95.2 cm³/mol. The van der Waals surface area contributed by atoms with E-state index in [0.29, 0.717) is 17.4 Å². The lowest BCUT2D eigenvalue weighted by atomic mass is 10.00. The van der Waals surface area contributed by atoms with Gasteiger partial charge in [-0.1, -0.05) is 24.3 Å². The maximum absolute atomic E-state index is 12.5. The third kappa shape index (κ3) is 3.31. The number of aliphatic hydroxyl groups excluding tert-OH is 1. The average Bonchev–Trinajstić information content (AvgIpc) is 2.64. The molecule has 1 aliphatic heterocycles. The van der Waals surface area contributed by atoms with Gasteiger partial charge in [-0.05, 0) is 29.7 Å². The van der Waals surface area contributed by atoms with E-state index in [9.17, 15) is 9.90 Å². The highest BCUT2D eigenvalue weighted by Crippen LogP contribution is 2.18. The number of rotatable bonds is 4. The standard InChI is InChI=1S/C19H20N4O2/c24-16(12-22-9-7-14-4-1-2-5-15(14)11-22)13-23-19(25)17-6-3-8-20-18(17)10-21-23/h1-6,8,10,16,24H,7,9,11-13H2. The normalized spacial score (nSPS) is 15.9. The molecule has 0 aliphatic carbocycles. The Kier molecular flexibility index (Phi) is 4.29. The van der Waals surface area contributed by atoms with Crippen molar-refractivity contribution in [2.45, 2.75) is 25.6 Å². The molecule has 0 saturated carbocycles. The summed E-state index contributed by atoms with van der Waals surface area (Å²) in [6.07, 6.45) is 3.55. The average molecular weight is 336 g/mol. The number of pyridine rings is 1. The van der Waals surface area contributed by atoms with Gasteiger partial charge in [-0.25, -0.2) is 4.68 Å². The summed E-state index contributed by atoms with van der Waals surface area (Å²) in [5.74, 6) is 0. The summed E-state index contributed by atoms with van der Waals surface area (Å²) >= 11 is 0. The topological polar surface area (TPSA) is 71.2 Å². The zero-order valence-electron chi connectivity index (χ0n) is 13.9. The molecular weight excluding hydrogens is 316 g/mol. The van der Waals surface area contributed by atoms with Gasteiger partial charge < -0.3 is 5.11 Å². The van der Waals surface area contributed by atoms with E-state index in [1.54, 1.807) is 24.5 Å². The van der Waals surface area contributed by atoms with E-state index in [1.165, 1.54) is 15.8 Å². The predicted octanol–water partition coefficient (Wildman–Crippen LogP) is 1.21. The van der Waals surface area contributed by atoms with Gasteiger partial charge in [-0.15, -0.1) is 0 Å². The summed E-state index contributed by atoms with van der Waals surface area (Å²) < 4.78 is 1.33. The Balaban J connectivity index is 1.45. The lowest BCUT2D eigenvalue weighted by Gasteiger charge is -2.30. The molecule has 4 rings (SSSR count). The molecule has 2 aromatic heterocycles. The molecule has 0 spiro atoms. The quantitative estimate of drug-likeness (QED) is 0.775. The Morgan fingerprint density at radius 3 is 2.84 bits per heavy atom. The summed E-state index contributed by atoms with van der Waals surface area (Å²) in [7, 11) is 0. The molecule has 0 bridgehead atoms. The fourth-order valence-corrected chi connectivity index (χ4v) is 3.41. The molecule has 0 radical (unpaired) electrons. The summed E-state index contributed by atoms with van der Waals surface area (Å²) in [5.41, 5.74) is 3.06. The fourth-order valence-electron chi connectivity index (χ4n) is 3.41. The van der Waals surface area contributed by atoms with Crippen LogP contribution >= 0.6 is 0 Å². The summed E-state index contributed by atoms with van der Waals surface area (Å²) in [4.78, 5) is 18.8. The molecule has 1 N–H and O–H groups in total. The molecule has 1 aromatic carbocycles. The smallest absolute Gasteiger partial charge is 0.276 e. The second kappa shape index (κ2) is 6.74. The van der Waals surface area contributed by atoms with Gasteiger partial charge in [0, 0.05) is 25.8 Å². The minimum atomic E-state index is -0.649. The van der Waals surface area contributed by atoms with Gasteiger partial charge >= 0.3 is 0 Å². The first-order valence-corrected chi connectivity index (χ1v) is 8.49. The lowest BCUT2D eigenvalue weighted by molar-refractivity contribution is 0.0878. The summed E-state index contributed by atoms with van der Waals surface area (Å²) in [6.45, 7) is 2.45. The van der Waals surface area contributed by atoms with Crippen molar-refractivity contribution in [2.75, 3.05) is 13.1 Å². The first kappa shape index (κ1) is 15.9. The van der Waals surface area contributed by atoms with Crippen LogP contribution in [0.4, 0.5) is 0 Å². The highest BCUT2D eigenvalue weighted by atomic mass is 16.3. The van der Waals surface area contributed by atoms with Gasteiger partial charge in [-0.3, -0.25) is 14.7 Å². The Bertz CT molecular complexity index is 953. The Morgan fingerprint density at radius 2 is 1.96 bits per heavy atom. The van der Waals surface area contributed by atoms with Gasteiger partial charge in [0.2, 0.25) is 0 Å². The SMILES string of the molecule is O=c1c2cccnc2cnn1CC(O)CN1CCc2ccccc2C1. The number of hydrogen-bond acceptors (Lipinski definition) is 5. The van der Waals surface area contributed by atoms with E-state index in [-0.39, 0.29) is 12.1 Å². The molecule has 1 atom stereocenters. The van der Waals surface area contributed by atoms with Crippen LogP contribution in [0.3, 0.4) is 0 Å². The van der Waals surface area contributed by atoms with Crippen LogP contribution < -0.4 is 5.56 Å². The minimum absolute atomic E-state index is 0.182. The number of β-amino-alcohol motifs (C(OH)–C–C–N with tert-alkyl or cyclic N) is 1. The van der Waals surface area contributed by atoms with Crippen molar-refractivity contribution >= 4 is 10.9 Å². The Labute approximate surface area is 145 Å². The van der Waals surface area contributed by atoms with Crippen molar-refractivity contribution in [3.63, 3.8) is 0 Å². The maximum Gasteiger partial charge on any atom is 0.276 e. The van der Waals surface area contributed by atoms with Crippen molar-refractivity contribution in [3.8, 4) is 0 Å². The van der Waals surface area contributed by atoms with Gasteiger partial charge in [0.15, 0.2) is 0 Å². The van der Waals surface area contributed by atoms with E-state index in [0.717, 1.165) is 19.5 Å². The molecule has 3 heterocycles. The zero-order chi connectivity index (χ0) is 17.2. The van der Waals surface area contributed by atoms with Crippen molar-refractivity contribution < 1.29 is 5.11 Å². The van der Waals surface area contributed by atoms with Crippen LogP contribution in [0, 0.1) is 0 Å². The van der Waals surface area contributed by atoms with Crippen LogP contribution in [-0.2, 0) is 19.5 Å². The van der Waals surface area contributed by atoms with Crippen LogP contribution in [0.2, 0.25) is 0 Å². The second-order valence-corrected chi connectivity index (χ2v) is 6.48. The van der Waals surface area contributed by atoms with Crippen LogP contribution in [-0.4, -0.2) is 44.0 Å². The molecule has 3 aromatic rings. The van der Waals surface area contributed by atoms with Crippen LogP contribution in [0.1, 0.15) is 11.1 Å². The Hall–Kier alpha value is -2.57. The van der Waals surface area contributed by atoms with E-state index >= 15 is 0 Å². The second-order valence-electron chi connectivity index (χ2n) is 6.48. The first-order valence-electron chi connectivity index (χ1n) is 8.49. The number of nitrogens with zero attached hydrogens (tertiary/aromatic N) is 4. The van der Waals surface area contributed by atoms with E-state index in [2.05, 4.69) is 33.2 Å². The minimum Gasteiger partial charge on any atom is -0.390 e. The molecule has 128 valence electrons. The molecule has 25 heavy (non-hydrogen) atoms. The van der Waals surface area contributed by atoms with Gasteiger partial charge in [0.1, 0.15) is 0 Å². The van der Waals surface area contributed by atoms with Crippen LogP contribution in [0.5, 0.6) is 0 Å². The van der Waals surface area contributed by atoms with E-state index in [1.807, 2.05) is 6.07 Å². The molecule has 0 amide bonds. The van der Waals surface area contributed by atoms with Gasteiger partial charge in [0.25, 0.3) is 5.56 Å². The fraction of sp³-hybridized carbons (Fsp3) is 0.316. The monoisotopic (exact) mass is 336 g/mol. The highest BCUT2D eigenvalue weighted by Gasteiger charge is 2.19. The van der Waals surface area contributed by atoms with Gasteiger partial charge in [-0.2, -0.15) is 5.10 Å². The summed E-state index contributed by atoms with van der Waals surface area (Å²) in [5, 5.41) is 15.1. The highest BCUT2D eigenvalue weighted by molar-refractivity contribution is 5.75. The van der Waals surface area contributed by atoms with Crippen molar-refractivity contribution in [1.82, 2.24) is 19.7 Å².